The summed E-state index contributed by atoms with van der Waals surface area (Å²) in [6.07, 6.45) is 6.80. The van der Waals surface area contributed by atoms with Crippen LogP contribution >= 0.6 is 0 Å². The zero-order valence-electron chi connectivity index (χ0n) is 12.7. The van der Waals surface area contributed by atoms with Gasteiger partial charge in [-0.1, -0.05) is 25.0 Å². The Morgan fingerprint density at radius 3 is 2.57 bits per heavy atom. The highest BCUT2D eigenvalue weighted by atomic mass is 16.5. The SMILES string of the molecule is COc1ccc([C@@H]2CCCCCN2C(=O)NC2CC2)cc1. The van der Waals surface area contributed by atoms with Gasteiger partial charge in [-0.05, 0) is 43.4 Å². The second kappa shape index (κ2) is 6.37. The maximum atomic E-state index is 12.5. The van der Waals surface area contributed by atoms with E-state index >= 15 is 0 Å². The monoisotopic (exact) mass is 288 g/mol. The molecular weight excluding hydrogens is 264 g/mol. The summed E-state index contributed by atoms with van der Waals surface area (Å²) in [7, 11) is 1.68. The number of likely N-dealkylation sites (tertiary alicyclic amines) is 1. The predicted molar refractivity (Wildman–Crippen MR) is 82.5 cm³/mol. The molecule has 2 amide bonds. The number of nitrogens with one attached hydrogen (secondary N) is 1. The fourth-order valence-electron chi connectivity index (χ4n) is 3.01. The first-order valence-corrected chi connectivity index (χ1v) is 7.99. The van der Waals surface area contributed by atoms with Gasteiger partial charge in [0.15, 0.2) is 0 Å². The number of rotatable bonds is 3. The average molecular weight is 288 g/mol. The van der Waals surface area contributed by atoms with Crippen molar-refractivity contribution in [1.29, 1.82) is 0 Å². The van der Waals surface area contributed by atoms with Crippen LogP contribution in [0.5, 0.6) is 5.75 Å². The minimum Gasteiger partial charge on any atom is -0.497 e. The Morgan fingerprint density at radius 1 is 1.14 bits per heavy atom. The van der Waals surface area contributed by atoms with Crippen LogP contribution in [0.15, 0.2) is 24.3 Å². The summed E-state index contributed by atoms with van der Waals surface area (Å²) in [4.78, 5) is 14.5. The molecule has 0 bridgehead atoms. The Kier molecular flexibility index (Phi) is 4.32. The Bertz CT molecular complexity index is 482. The number of carbonyl (C=O) groups excluding carboxylic acids is 1. The van der Waals surface area contributed by atoms with Crippen LogP contribution in [0.1, 0.15) is 50.1 Å². The van der Waals surface area contributed by atoms with Crippen LogP contribution in [0, 0.1) is 0 Å². The summed E-state index contributed by atoms with van der Waals surface area (Å²) in [5.41, 5.74) is 1.21. The van der Waals surface area contributed by atoms with E-state index in [1.165, 1.54) is 18.4 Å². The first kappa shape index (κ1) is 14.2. The van der Waals surface area contributed by atoms with E-state index in [9.17, 15) is 4.79 Å². The molecule has 4 heteroatoms. The van der Waals surface area contributed by atoms with Gasteiger partial charge >= 0.3 is 6.03 Å². The van der Waals surface area contributed by atoms with Gasteiger partial charge in [0.1, 0.15) is 5.75 Å². The highest BCUT2D eigenvalue weighted by Gasteiger charge is 2.30. The van der Waals surface area contributed by atoms with Crippen LogP contribution in [-0.2, 0) is 0 Å². The molecule has 2 fully saturated rings. The normalized spacial score (nSPS) is 22.5. The molecule has 4 nitrogen and oxygen atoms in total. The number of amides is 2. The molecule has 1 aromatic rings. The molecule has 0 spiro atoms. The second-order valence-corrected chi connectivity index (χ2v) is 6.06. The van der Waals surface area contributed by atoms with E-state index in [-0.39, 0.29) is 12.1 Å². The van der Waals surface area contributed by atoms with Gasteiger partial charge in [-0.25, -0.2) is 4.79 Å². The number of hydrogen-bond donors (Lipinski definition) is 1. The Morgan fingerprint density at radius 2 is 1.90 bits per heavy atom. The summed E-state index contributed by atoms with van der Waals surface area (Å²) in [5.74, 6) is 0.862. The topological polar surface area (TPSA) is 41.6 Å². The first-order valence-electron chi connectivity index (χ1n) is 7.99. The molecule has 1 N–H and O–H groups in total. The van der Waals surface area contributed by atoms with E-state index in [0.29, 0.717) is 6.04 Å². The van der Waals surface area contributed by atoms with Crippen LogP contribution in [0.2, 0.25) is 0 Å². The number of ether oxygens (including phenoxy) is 1. The van der Waals surface area contributed by atoms with Crippen molar-refractivity contribution in [1.82, 2.24) is 10.2 Å². The molecular formula is C17H24N2O2. The van der Waals surface area contributed by atoms with Crippen LogP contribution in [0.3, 0.4) is 0 Å². The number of methoxy groups -OCH3 is 1. The van der Waals surface area contributed by atoms with Crippen LogP contribution in [-0.4, -0.2) is 30.6 Å². The van der Waals surface area contributed by atoms with E-state index < -0.39 is 0 Å². The maximum absolute atomic E-state index is 12.5. The lowest BCUT2D eigenvalue weighted by atomic mass is 10.0. The lowest BCUT2D eigenvalue weighted by Gasteiger charge is -2.30. The molecule has 3 rings (SSSR count). The van der Waals surface area contributed by atoms with Crippen molar-refractivity contribution in [3.8, 4) is 5.75 Å². The second-order valence-electron chi connectivity index (χ2n) is 6.06. The molecule has 1 aliphatic heterocycles. The van der Waals surface area contributed by atoms with Crippen LogP contribution < -0.4 is 10.1 Å². The predicted octanol–water partition coefficient (Wildman–Crippen LogP) is 3.48. The molecule has 1 atom stereocenters. The summed E-state index contributed by atoms with van der Waals surface area (Å²) >= 11 is 0. The number of urea groups is 1. The molecule has 2 aliphatic rings. The fourth-order valence-corrected chi connectivity index (χ4v) is 3.01. The largest absolute Gasteiger partial charge is 0.497 e. The number of carbonyl (C=O) groups is 1. The van der Waals surface area contributed by atoms with Gasteiger partial charge in [0.05, 0.1) is 13.2 Å². The first-order chi connectivity index (χ1) is 10.3. The third-order valence-electron chi connectivity index (χ3n) is 4.42. The van der Waals surface area contributed by atoms with E-state index in [0.717, 1.165) is 38.0 Å². The Hall–Kier alpha value is -1.71. The molecule has 0 radical (unpaired) electrons. The maximum Gasteiger partial charge on any atom is 0.318 e. The van der Waals surface area contributed by atoms with Crippen molar-refractivity contribution in [2.75, 3.05) is 13.7 Å². The molecule has 21 heavy (non-hydrogen) atoms. The average Bonchev–Trinajstić information content (AvgIpc) is 3.33. The molecule has 1 aromatic carbocycles. The number of hydrogen-bond acceptors (Lipinski definition) is 2. The zero-order valence-corrected chi connectivity index (χ0v) is 12.7. The Labute approximate surface area is 126 Å². The smallest absolute Gasteiger partial charge is 0.318 e. The third kappa shape index (κ3) is 3.49. The lowest BCUT2D eigenvalue weighted by Crippen LogP contribution is -2.43. The van der Waals surface area contributed by atoms with Crippen molar-refractivity contribution in [2.45, 2.75) is 50.6 Å². The Balaban J connectivity index is 1.77. The quantitative estimate of drug-likeness (QED) is 0.925. The van der Waals surface area contributed by atoms with Gasteiger partial charge in [0.25, 0.3) is 0 Å². The van der Waals surface area contributed by atoms with E-state index in [4.69, 9.17) is 4.74 Å². The van der Waals surface area contributed by atoms with E-state index in [2.05, 4.69) is 17.4 Å². The highest BCUT2D eigenvalue weighted by Crippen LogP contribution is 2.31. The lowest BCUT2D eigenvalue weighted by molar-refractivity contribution is 0.175. The van der Waals surface area contributed by atoms with Gasteiger partial charge in [0.2, 0.25) is 0 Å². The summed E-state index contributed by atoms with van der Waals surface area (Å²) in [5, 5.41) is 3.14. The number of benzene rings is 1. The standard InChI is InChI=1S/C17H24N2O2/c1-21-15-10-6-13(7-11-15)16-5-3-2-4-12-19(16)17(20)18-14-8-9-14/h6-7,10-11,14,16H,2-5,8-9,12H2,1H3,(H,18,20)/t16-/m0/s1. The van der Waals surface area contributed by atoms with Crippen molar-refractivity contribution in [3.05, 3.63) is 29.8 Å². The van der Waals surface area contributed by atoms with Crippen LogP contribution in [0.4, 0.5) is 4.79 Å². The van der Waals surface area contributed by atoms with Crippen molar-refractivity contribution >= 4 is 6.03 Å². The van der Waals surface area contributed by atoms with Gasteiger partial charge in [-0.15, -0.1) is 0 Å². The molecule has 0 aromatic heterocycles. The highest BCUT2D eigenvalue weighted by molar-refractivity contribution is 5.75. The minimum atomic E-state index is 0.111. The number of nitrogens with zero attached hydrogens (tertiary/aromatic N) is 1. The van der Waals surface area contributed by atoms with Crippen molar-refractivity contribution in [2.24, 2.45) is 0 Å². The summed E-state index contributed by atoms with van der Waals surface area (Å²) in [6.45, 7) is 0.856. The van der Waals surface area contributed by atoms with Crippen LogP contribution in [0.25, 0.3) is 0 Å². The van der Waals surface area contributed by atoms with Gasteiger partial charge < -0.3 is 15.0 Å². The van der Waals surface area contributed by atoms with Gasteiger partial charge in [0, 0.05) is 12.6 Å². The summed E-state index contributed by atoms with van der Waals surface area (Å²) < 4.78 is 5.22. The summed E-state index contributed by atoms with van der Waals surface area (Å²) in [6, 6.07) is 8.86. The van der Waals surface area contributed by atoms with E-state index in [1.54, 1.807) is 7.11 Å². The zero-order chi connectivity index (χ0) is 14.7. The third-order valence-corrected chi connectivity index (χ3v) is 4.42. The van der Waals surface area contributed by atoms with E-state index in [1.807, 2.05) is 17.0 Å². The molecule has 1 heterocycles. The minimum absolute atomic E-state index is 0.111. The van der Waals surface area contributed by atoms with Crippen molar-refractivity contribution in [3.63, 3.8) is 0 Å². The molecule has 1 aliphatic carbocycles. The van der Waals surface area contributed by atoms with Gasteiger partial charge in [-0.2, -0.15) is 0 Å². The molecule has 1 saturated carbocycles. The molecule has 114 valence electrons. The molecule has 0 unspecified atom stereocenters. The fraction of sp³-hybridized carbons (Fsp3) is 0.588. The van der Waals surface area contributed by atoms with Gasteiger partial charge in [-0.3, -0.25) is 0 Å². The molecule has 1 saturated heterocycles. The van der Waals surface area contributed by atoms with Crippen molar-refractivity contribution < 1.29 is 9.53 Å².